The second-order valence-electron chi connectivity index (χ2n) is 17.2. The summed E-state index contributed by atoms with van der Waals surface area (Å²) in [6, 6.07) is 13.2. The first-order chi connectivity index (χ1) is 31.2. The highest BCUT2D eigenvalue weighted by Crippen LogP contribution is 2.37. The molecule has 0 bridgehead atoms. The second-order valence-corrected chi connectivity index (χ2v) is 18.2. The number of nitrogen functional groups attached to an aromatic ring is 1. The van der Waals surface area contributed by atoms with Crippen LogP contribution in [0.1, 0.15) is 134 Å². The number of pyridine rings is 1. The number of carbonyl (C=O) groups excluding carboxylic acids is 6. The minimum atomic E-state index is -1.09. The highest BCUT2D eigenvalue weighted by molar-refractivity contribution is 7.15. The van der Waals surface area contributed by atoms with Crippen molar-refractivity contribution in [1.82, 2.24) is 25.1 Å². The van der Waals surface area contributed by atoms with Gasteiger partial charge in [-0.15, -0.1) is 11.3 Å². The summed E-state index contributed by atoms with van der Waals surface area (Å²) in [4.78, 5) is 88.8. The Morgan fingerprint density at radius 1 is 0.892 bits per heavy atom. The molecule has 3 aliphatic heterocycles. The molecule has 2 aromatic carbocycles. The van der Waals surface area contributed by atoms with Crippen molar-refractivity contribution < 1.29 is 43.3 Å². The molecule has 0 saturated carbocycles. The normalized spacial score (nSPS) is 16.5. The number of aliphatic hydroxyl groups is 1. The van der Waals surface area contributed by atoms with Crippen molar-refractivity contribution >= 4 is 52.5 Å². The molecule has 0 aliphatic carbocycles. The third kappa shape index (κ3) is 12.0. The molecular weight excluding hydrogens is 849 g/mol. The Morgan fingerprint density at radius 3 is 2.45 bits per heavy atom. The van der Waals surface area contributed by atoms with Crippen molar-refractivity contribution in [3.05, 3.63) is 88.2 Å². The predicted molar refractivity (Wildman–Crippen MR) is 243 cm³/mol. The maximum atomic E-state index is 13.3. The number of Topliss-reactive ketones (excluding diaryl/α,β-unsaturated/α-hetero) is 1. The van der Waals surface area contributed by atoms with E-state index in [0.29, 0.717) is 57.6 Å². The maximum absolute atomic E-state index is 13.3. The number of anilines is 1. The van der Waals surface area contributed by atoms with E-state index in [2.05, 4.69) is 22.1 Å². The van der Waals surface area contributed by atoms with Gasteiger partial charge in [-0.25, -0.2) is 9.97 Å². The van der Waals surface area contributed by atoms with Crippen LogP contribution in [0.4, 0.5) is 5.82 Å². The van der Waals surface area contributed by atoms with Crippen LogP contribution in [0.2, 0.25) is 0 Å². The fraction of sp³-hybridized carbons (Fsp3) is 0.429. The molecule has 5 amide bonds. The number of piperidine rings is 2. The molecule has 16 heteroatoms. The van der Waals surface area contributed by atoms with Gasteiger partial charge < -0.3 is 25.2 Å². The molecule has 1 unspecified atom stereocenters. The summed E-state index contributed by atoms with van der Waals surface area (Å²) in [5.41, 5.74) is 7.92. The number of amides is 5. The van der Waals surface area contributed by atoms with Gasteiger partial charge in [0.1, 0.15) is 29.8 Å². The lowest BCUT2D eigenvalue weighted by Crippen LogP contribution is -2.54. The number of aromatic nitrogens is 2. The average molecular weight is 903 g/mol. The third-order valence-corrected chi connectivity index (χ3v) is 12.8. The number of likely N-dealkylation sites (tertiary alicyclic amines) is 1. The van der Waals surface area contributed by atoms with Gasteiger partial charge in [-0.2, -0.15) is 0 Å². The molecule has 5 heterocycles. The van der Waals surface area contributed by atoms with Crippen LogP contribution in [-0.2, 0) is 25.8 Å². The van der Waals surface area contributed by atoms with Crippen LogP contribution >= 0.6 is 11.3 Å². The van der Waals surface area contributed by atoms with Gasteiger partial charge in [-0.05, 0) is 88.3 Å². The Hall–Kier alpha value is -6.44. The molecule has 2 aromatic heterocycles. The van der Waals surface area contributed by atoms with Gasteiger partial charge in [-0.1, -0.05) is 42.9 Å². The number of hydrogen-bond donors (Lipinski definition) is 3. The first-order valence-electron chi connectivity index (χ1n) is 22.2. The lowest BCUT2D eigenvalue weighted by Gasteiger charge is -2.31. The van der Waals surface area contributed by atoms with Gasteiger partial charge in [0.2, 0.25) is 17.7 Å². The number of hydrogen-bond acceptors (Lipinski definition) is 13. The van der Waals surface area contributed by atoms with Crippen LogP contribution in [-0.4, -0.2) is 91.5 Å². The fourth-order valence-electron chi connectivity index (χ4n) is 8.10. The zero-order chi connectivity index (χ0) is 46.1. The standard InChI is InChI=1S/C49H54N6O9S/c1-49(2,62)22-19-31-10-7-11-32(26-31)30-64-39-27-34(28-51-44(39)50)40-29-52-46(65-40)33-20-23-54(24-21-33)42(58)16-8-13-35(56)12-5-3-4-6-25-63-38-15-9-14-36-43(38)48(61)55(47(36)60)37-17-18-41(57)53-45(37)59/h7,9-11,14-15,26-29,33,37,62H,3-6,8,12-13,16-18,20-21,23-25,30H2,1-2H3,(H2,50,51)(H,53,57,59). The number of ketones is 1. The number of fused-ring (bicyclic) bond motifs is 1. The van der Waals surface area contributed by atoms with Crippen LogP contribution in [0.3, 0.4) is 0 Å². The van der Waals surface area contributed by atoms with E-state index < -0.39 is 35.3 Å². The van der Waals surface area contributed by atoms with E-state index in [1.165, 1.54) is 6.07 Å². The first kappa shape index (κ1) is 46.5. The number of unbranched alkanes of at least 4 members (excludes halogenated alkanes) is 3. The molecule has 1 atom stereocenters. The molecule has 340 valence electrons. The Kier molecular flexibility index (Phi) is 15.1. The predicted octanol–water partition coefficient (Wildman–Crippen LogP) is 6.36. The van der Waals surface area contributed by atoms with Gasteiger partial charge in [0.15, 0.2) is 11.6 Å². The van der Waals surface area contributed by atoms with E-state index >= 15 is 0 Å². The molecule has 4 aromatic rings. The molecule has 0 radical (unpaired) electrons. The number of thiazole rings is 1. The summed E-state index contributed by atoms with van der Waals surface area (Å²) in [7, 11) is 0. The number of nitrogens with zero attached hydrogens (tertiary/aromatic N) is 4. The van der Waals surface area contributed by atoms with Gasteiger partial charge >= 0.3 is 0 Å². The summed E-state index contributed by atoms with van der Waals surface area (Å²) in [5.74, 6) is 5.02. The monoisotopic (exact) mass is 902 g/mol. The smallest absolute Gasteiger partial charge is 0.266 e. The van der Waals surface area contributed by atoms with Crippen molar-refractivity contribution in [3.8, 4) is 33.8 Å². The van der Waals surface area contributed by atoms with Crippen LogP contribution in [0, 0.1) is 11.8 Å². The minimum Gasteiger partial charge on any atom is -0.493 e. The molecule has 2 saturated heterocycles. The molecule has 15 nitrogen and oxygen atoms in total. The molecular formula is C49H54N6O9S. The zero-order valence-electron chi connectivity index (χ0n) is 36.7. The highest BCUT2D eigenvalue weighted by atomic mass is 32.1. The minimum absolute atomic E-state index is 0.0470. The van der Waals surface area contributed by atoms with Gasteiger partial charge in [-0.3, -0.25) is 39.0 Å². The summed E-state index contributed by atoms with van der Waals surface area (Å²) in [6.07, 6.45) is 10.0. The molecule has 2 fully saturated rings. The zero-order valence-corrected chi connectivity index (χ0v) is 37.5. The number of carbonyl (C=O) groups is 6. The van der Waals surface area contributed by atoms with Crippen molar-refractivity contribution in [3.63, 3.8) is 0 Å². The van der Waals surface area contributed by atoms with Crippen LogP contribution < -0.4 is 20.5 Å². The maximum Gasteiger partial charge on any atom is 0.266 e. The van der Waals surface area contributed by atoms with Crippen LogP contribution in [0.5, 0.6) is 11.5 Å². The quantitative estimate of drug-likeness (QED) is 0.0566. The lowest BCUT2D eigenvalue weighted by atomic mass is 9.97. The van der Waals surface area contributed by atoms with Crippen LogP contribution in [0.25, 0.3) is 10.4 Å². The summed E-state index contributed by atoms with van der Waals surface area (Å²) < 4.78 is 12.0. The van der Waals surface area contributed by atoms with Crippen molar-refractivity contribution in [2.75, 3.05) is 25.4 Å². The number of rotatable bonds is 18. The Morgan fingerprint density at radius 2 is 1.66 bits per heavy atom. The van der Waals surface area contributed by atoms with E-state index in [-0.39, 0.29) is 59.8 Å². The van der Waals surface area contributed by atoms with E-state index in [1.54, 1.807) is 43.5 Å². The summed E-state index contributed by atoms with van der Waals surface area (Å²) in [6.45, 7) is 5.14. The Balaban J connectivity index is 0.768. The van der Waals surface area contributed by atoms with Crippen molar-refractivity contribution in [1.29, 1.82) is 0 Å². The number of ether oxygens (including phenoxy) is 2. The average Bonchev–Trinajstić information content (AvgIpc) is 3.88. The second kappa shape index (κ2) is 21.0. The van der Waals surface area contributed by atoms with E-state index in [4.69, 9.17) is 20.2 Å². The summed E-state index contributed by atoms with van der Waals surface area (Å²) >= 11 is 1.61. The fourth-order valence-corrected chi connectivity index (χ4v) is 9.17. The Bertz CT molecular complexity index is 2510. The largest absolute Gasteiger partial charge is 0.493 e. The van der Waals surface area contributed by atoms with Gasteiger partial charge in [0.05, 0.1) is 27.6 Å². The van der Waals surface area contributed by atoms with Crippen molar-refractivity contribution in [2.45, 2.75) is 115 Å². The number of nitrogens with one attached hydrogen (secondary N) is 1. The molecule has 4 N–H and O–H groups in total. The molecule has 3 aliphatic rings. The third-order valence-electron chi connectivity index (χ3n) is 11.6. The molecule has 7 rings (SSSR count). The molecule has 0 spiro atoms. The van der Waals surface area contributed by atoms with E-state index in [0.717, 1.165) is 63.6 Å². The topological polar surface area (TPSA) is 211 Å². The van der Waals surface area contributed by atoms with E-state index in [9.17, 15) is 33.9 Å². The Labute approximate surface area is 382 Å². The highest BCUT2D eigenvalue weighted by Gasteiger charge is 2.46. The van der Waals surface area contributed by atoms with Gasteiger partial charge in [0, 0.05) is 68.2 Å². The number of benzene rings is 2. The van der Waals surface area contributed by atoms with Gasteiger partial charge in [0.25, 0.3) is 11.8 Å². The number of imide groups is 2. The first-order valence-corrected chi connectivity index (χ1v) is 23.0. The number of nitrogens with two attached hydrogens (primary N) is 1. The van der Waals surface area contributed by atoms with Crippen molar-refractivity contribution in [2.24, 2.45) is 0 Å². The SMILES string of the molecule is CC(C)(O)C#Cc1cccc(COc2cc(-c3cnc(C4CCN(C(=O)CCCC(=O)CCCCCCOc5cccc6c5C(=O)N(C5CCC(=O)NC5=O)C6=O)CC4)s3)cnc2N)c1. The van der Waals surface area contributed by atoms with E-state index in [1.807, 2.05) is 41.4 Å². The lowest BCUT2D eigenvalue weighted by molar-refractivity contribution is -0.136. The molecule has 65 heavy (non-hydrogen) atoms. The summed E-state index contributed by atoms with van der Waals surface area (Å²) in [5, 5.41) is 13.1. The van der Waals surface area contributed by atoms with Crippen LogP contribution in [0.15, 0.2) is 60.9 Å².